The topological polar surface area (TPSA) is 50.7 Å². The lowest BCUT2D eigenvalue weighted by molar-refractivity contribution is 0.0107. The van der Waals surface area contributed by atoms with E-state index in [2.05, 4.69) is 12.2 Å². The zero-order chi connectivity index (χ0) is 10.9. The third-order valence-electron chi connectivity index (χ3n) is 2.09. The van der Waals surface area contributed by atoms with E-state index in [1.807, 2.05) is 14.0 Å². The molecule has 0 heterocycles. The number of aliphatic hydroxyl groups is 1. The molecule has 4 nitrogen and oxygen atoms in total. The Morgan fingerprint density at radius 2 is 1.86 bits per heavy atom. The van der Waals surface area contributed by atoms with Crippen molar-refractivity contribution in [3.8, 4) is 0 Å². The van der Waals surface area contributed by atoms with E-state index in [9.17, 15) is 0 Å². The molecule has 0 radical (unpaired) electrons. The Morgan fingerprint density at radius 1 is 1.21 bits per heavy atom. The summed E-state index contributed by atoms with van der Waals surface area (Å²) in [6.45, 7) is 6.54. The molecule has 0 aromatic heterocycles. The SMILES string of the molecule is CCCOCCOCC(C)(CO)NC. The molecule has 2 N–H and O–H groups in total. The van der Waals surface area contributed by atoms with Crippen LogP contribution in [0, 0.1) is 0 Å². The highest BCUT2D eigenvalue weighted by molar-refractivity contribution is 4.79. The molecule has 1 atom stereocenters. The Bertz CT molecular complexity index is 127. The second-order valence-electron chi connectivity index (χ2n) is 3.63. The molecule has 86 valence electrons. The fourth-order valence-corrected chi connectivity index (χ4v) is 0.859. The van der Waals surface area contributed by atoms with Crippen LogP contribution in [0.5, 0.6) is 0 Å². The van der Waals surface area contributed by atoms with Gasteiger partial charge in [0.1, 0.15) is 0 Å². The fraction of sp³-hybridized carbons (Fsp3) is 1.00. The van der Waals surface area contributed by atoms with Crippen molar-refractivity contribution in [2.45, 2.75) is 25.8 Å². The summed E-state index contributed by atoms with van der Waals surface area (Å²) in [6, 6.07) is 0. The number of aliphatic hydroxyl groups excluding tert-OH is 1. The molecule has 0 amide bonds. The fourth-order valence-electron chi connectivity index (χ4n) is 0.859. The maximum absolute atomic E-state index is 9.05. The van der Waals surface area contributed by atoms with Gasteiger partial charge in [-0.15, -0.1) is 0 Å². The number of likely N-dealkylation sites (N-methyl/N-ethyl adjacent to an activating group) is 1. The largest absolute Gasteiger partial charge is 0.394 e. The lowest BCUT2D eigenvalue weighted by Crippen LogP contribution is -2.47. The first-order valence-corrected chi connectivity index (χ1v) is 5.14. The van der Waals surface area contributed by atoms with Crippen LogP contribution >= 0.6 is 0 Å². The summed E-state index contributed by atoms with van der Waals surface area (Å²) in [5.41, 5.74) is -0.343. The van der Waals surface area contributed by atoms with Gasteiger partial charge in [0.2, 0.25) is 0 Å². The minimum atomic E-state index is -0.343. The van der Waals surface area contributed by atoms with Crippen molar-refractivity contribution < 1.29 is 14.6 Å². The van der Waals surface area contributed by atoms with Crippen LogP contribution in [0.4, 0.5) is 0 Å². The van der Waals surface area contributed by atoms with E-state index >= 15 is 0 Å². The highest BCUT2D eigenvalue weighted by Crippen LogP contribution is 2.01. The monoisotopic (exact) mass is 205 g/mol. The quantitative estimate of drug-likeness (QED) is 0.535. The van der Waals surface area contributed by atoms with E-state index in [-0.39, 0.29) is 12.1 Å². The predicted octanol–water partition coefficient (Wildman–Crippen LogP) is 0.400. The van der Waals surface area contributed by atoms with Crippen molar-refractivity contribution in [1.82, 2.24) is 5.32 Å². The molecule has 0 bridgehead atoms. The summed E-state index contributed by atoms with van der Waals surface area (Å²) >= 11 is 0. The van der Waals surface area contributed by atoms with Gasteiger partial charge in [0, 0.05) is 6.61 Å². The van der Waals surface area contributed by atoms with Gasteiger partial charge in [-0.2, -0.15) is 0 Å². The van der Waals surface area contributed by atoms with Crippen molar-refractivity contribution in [3.05, 3.63) is 0 Å². The van der Waals surface area contributed by atoms with Crippen molar-refractivity contribution in [2.75, 3.05) is 40.1 Å². The van der Waals surface area contributed by atoms with Crippen LogP contribution in [0.2, 0.25) is 0 Å². The molecule has 1 unspecified atom stereocenters. The first-order valence-electron chi connectivity index (χ1n) is 5.14. The van der Waals surface area contributed by atoms with Gasteiger partial charge in [-0.1, -0.05) is 6.92 Å². The summed E-state index contributed by atoms with van der Waals surface area (Å²) in [7, 11) is 1.81. The predicted molar refractivity (Wildman–Crippen MR) is 56.5 cm³/mol. The second-order valence-corrected chi connectivity index (χ2v) is 3.63. The Hall–Kier alpha value is -0.160. The molecule has 0 spiro atoms. The van der Waals surface area contributed by atoms with E-state index in [1.54, 1.807) is 0 Å². The molecule has 0 aliphatic carbocycles. The van der Waals surface area contributed by atoms with Gasteiger partial charge in [0.25, 0.3) is 0 Å². The smallest absolute Gasteiger partial charge is 0.0701 e. The Labute approximate surface area is 86.6 Å². The standard InChI is InChI=1S/C10H23NO3/c1-4-5-13-6-7-14-9-10(2,8-12)11-3/h11-12H,4-9H2,1-3H3. The molecule has 0 saturated heterocycles. The van der Waals surface area contributed by atoms with Crippen molar-refractivity contribution in [3.63, 3.8) is 0 Å². The average Bonchev–Trinajstić information content (AvgIpc) is 2.23. The van der Waals surface area contributed by atoms with E-state index in [0.717, 1.165) is 13.0 Å². The highest BCUT2D eigenvalue weighted by Gasteiger charge is 2.20. The third kappa shape index (κ3) is 6.32. The van der Waals surface area contributed by atoms with Gasteiger partial charge in [0.15, 0.2) is 0 Å². The third-order valence-corrected chi connectivity index (χ3v) is 2.09. The molecular formula is C10H23NO3. The van der Waals surface area contributed by atoms with Crippen LogP contribution in [0.1, 0.15) is 20.3 Å². The molecule has 0 aromatic rings. The molecule has 4 heteroatoms. The molecule has 0 aliphatic heterocycles. The number of rotatable bonds is 9. The van der Waals surface area contributed by atoms with Gasteiger partial charge in [-0.05, 0) is 20.4 Å². The van der Waals surface area contributed by atoms with Gasteiger partial charge < -0.3 is 19.9 Å². The summed E-state index contributed by atoms with van der Waals surface area (Å²) in [4.78, 5) is 0. The minimum absolute atomic E-state index is 0.0688. The number of hydrogen-bond acceptors (Lipinski definition) is 4. The molecular weight excluding hydrogens is 182 g/mol. The van der Waals surface area contributed by atoms with Crippen LogP contribution in [-0.4, -0.2) is 50.7 Å². The van der Waals surface area contributed by atoms with Crippen LogP contribution in [-0.2, 0) is 9.47 Å². The summed E-state index contributed by atoms with van der Waals surface area (Å²) in [5.74, 6) is 0. The number of ether oxygens (including phenoxy) is 2. The molecule has 0 aliphatic rings. The number of hydrogen-bond donors (Lipinski definition) is 2. The summed E-state index contributed by atoms with van der Waals surface area (Å²) in [6.07, 6.45) is 1.03. The lowest BCUT2D eigenvalue weighted by Gasteiger charge is -2.26. The Balaban J connectivity index is 3.34. The summed E-state index contributed by atoms with van der Waals surface area (Å²) in [5, 5.41) is 12.1. The van der Waals surface area contributed by atoms with Crippen LogP contribution in [0.15, 0.2) is 0 Å². The lowest BCUT2D eigenvalue weighted by atomic mass is 10.1. The first-order chi connectivity index (χ1) is 6.68. The van der Waals surface area contributed by atoms with E-state index in [1.165, 1.54) is 0 Å². The minimum Gasteiger partial charge on any atom is -0.394 e. The van der Waals surface area contributed by atoms with Crippen molar-refractivity contribution in [2.24, 2.45) is 0 Å². The second kappa shape index (κ2) is 8.17. The Morgan fingerprint density at radius 3 is 2.36 bits per heavy atom. The molecule has 0 fully saturated rings. The van der Waals surface area contributed by atoms with Crippen LogP contribution in [0.3, 0.4) is 0 Å². The van der Waals surface area contributed by atoms with Crippen molar-refractivity contribution in [1.29, 1.82) is 0 Å². The maximum Gasteiger partial charge on any atom is 0.0701 e. The first kappa shape index (κ1) is 13.8. The number of nitrogens with one attached hydrogen (secondary N) is 1. The molecule has 0 rings (SSSR count). The van der Waals surface area contributed by atoms with E-state index < -0.39 is 0 Å². The van der Waals surface area contributed by atoms with Crippen LogP contribution < -0.4 is 5.32 Å². The average molecular weight is 205 g/mol. The Kier molecular flexibility index (Phi) is 8.08. The zero-order valence-electron chi connectivity index (χ0n) is 9.51. The van der Waals surface area contributed by atoms with Gasteiger partial charge >= 0.3 is 0 Å². The molecule has 0 saturated carbocycles. The maximum atomic E-state index is 9.05. The summed E-state index contributed by atoms with van der Waals surface area (Å²) < 4.78 is 10.6. The normalized spacial score (nSPS) is 15.4. The van der Waals surface area contributed by atoms with Gasteiger partial charge in [-0.3, -0.25) is 0 Å². The van der Waals surface area contributed by atoms with Crippen LogP contribution in [0.25, 0.3) is 0 Å². The van der Waals surface area contributed by atoms with Gasteiger partial charge in [0.05, 0.1) is 32.0 Å². The van der Waals surface area contributed by atoms with E-state index in [4.69, 9.17) is 14.6 Å². The van der Waals surface area contributed by atoms with E-state index in [0.29, 0.717) is 19.8 Å². The molecule has 14 heavy (non-hydrogen) atoms. The zero-order valence-corrected chi connectivity index (χ0v) is 9.51. The van der Waals surface area contributed by atoms with Gasteiger partial charge in [-0.25, -0.2) is 0 Å². The molecule has 0 aromatic carbocycles. The highest BCUT2D eigenvalue weighted by atomic mass is 16.5. The van der Waals surface area contributed by atoms with Crippen molar-refractivity contribution >= 4 is 0 Å².